The van der Waals surface area contributed by atoms with Crippen LogP contribution in [0, 0.1) is 31.9 Å². The van der Waals surface area contributed by atoms with Gasteiger partial charge in [-0.15, -0.1) is 53.6 Å². The van der Waals surface area contributed by atoms with Crippen LogP contribution in [0.15, 0.2) is 89.6 Å². The standard InChI is InChI=1S/C29H41NOSi4.C13H12N.Ir/c1-21(2)18-22-19-26(25-16-13-15-24-23-14-11-12-17-27(23)31-29(24)25)30-20-28(22)35(32(3)4,33(5,6)7)34(8,9)10;1-10-3-5-12(6-4-10)13-9-11(2)7-8-14-13;/h11-15,17,19-21H,18H2,1-10H3;3-5,7-9H,1-2H3;/q2*-1;. The summed E-state index contributed by atoms with van der Waals surface area (Å²) in [6, 6.07) is 31.8. The average Bonchev–Trinajstić information content (AvgIpc) is 3.40. The van der Waals surface area contributed by atoms with E-state index in [4.69, 9.17) is 9.40 Å². The van der Waals surface area contributed by atoms with Gasteiger partial charge in [0.05, 0.1) is 12.2 Å². The Morgan fingerprint density at radius 1 is 0.780 bits per heavy atom. The zero-order valence-corrected chi connectivity index (χ0v) is 38.4. The van der Waals surface area contributed by atoms with E-state index < -0.39 is 30.1 Å². The molecule has 0 unspecified atom stereocenters. The van der Waals surface area contributed by atoms with E-state index in [2.05, 4.69) is 146 Å². The van der Waals surface area contributed by atoms with Crippen LogP contribution in [-0.4, -0.2) is 40.1 Å². The molecule has 3 aromatic carbocycles. The predicted molar refractivity (Wildman–Crippen MR) is 222 cm³/mol. The second kappa shape index (κ2) is 15.9. The zero-order chi connectivity index (χ0) is 35.7. The molecule has 0 bridgehead atoms. The van der Waals surface area contributed by atoms with Crippen LogP contribution in [0.1, 0.15) is 30.5 Å². The Kier molecular flexibility index (Phi) is 12.7. The first-order chi connectivity index (χ1) is 23.0. The van der Waals surface area contributed by atoms with Crippen LogP contribution < -0.4 is 5.19 Å². The van der Waals surface area contributed by atoms with E-state index in [1.807, 2.05) is 36.5 Å². The molecule has 3 nitrogen and oxygen atoms in total. The van der Waals surface area contributed by atoms with Crippen LogP contribution in [0.4, 0.5) is 0 Å². The van der Waals surface area contributed by atoms with Crippen molar-refractivity contribution in [3.8, 4) is 22.5 Å². The summed E-state index contributed by atoms with van der Waals surface area (Å²) in [4.78, 5) is 9.52. The SMILES string of the molecule is CC(C)Cc1cc(-c2[c-]ccc3c2oc2ccccc23)ncc1[Si]([Si](C)C)([Si](C)(C)C)[Si](C)(C)C.Cc1c[c-]c(-c2cc(C)ccn2)cc1.[Ir]. The number of hydrogen-bond donors (Lipinski definition) is 0. The fourth-order valence-electron chi connectivity index (χ4n) is 8.51. The molecule has 2 radical (unpaired) electrons. The van der Waals surface area contributed by atoms with Crippen LogP contribution >= 0.6 is 0 Å². The minimum absolute atomic E-state index is 0. The maximum Gasteiger partial charge on any atom is 0.120 e. The topological polar surface area (TPSA) is 38.9 Å². The van der Waals surface area contributed by atoms with Gasteiger partial charge in [0.15, 0.2) is 0 Å². The van der Waals surface area contributed by atoms with Crippen LogP contribution in [0.3, 0.4) is 0 Å². The van der Waals surface area contributed by atoms with Gasteiger partial charge in [-0.3, -0.25) is 0 Å². The Labute approximate surface area is 318 Å². The molecule has 0 fully saturated rings. The van der Waals surface area contributed by atoms with Crippen molar-refractivity contribution in [1.82, 2.24) is 9.97 Å². The molecule has 0 spiro atoms. The molecule has 0 aliphatic rings. The summed E-state index contributed by atoms with van der Waals surface area (Å²) < 4.78 is 6.36. The monoisotopic (exact) mass is 906 g/mol. The molecule has 0 aliphatic carbocycles. The first-order valence-electron chi connectivity index (χ1n) is 17.6. The van der Waals surface area contributed by atoms with Crippen LogP contribution in [0.25, 0.3) is 44.5 Å². The van der Waals surface area contributed by atoms with Crippen molar-refractivity contribution in [1.29, 1.82) is 0 Å². The number of aromatic nitrogens is 2. The van der Waals surface area contributed by atoms with Gasteiger partial charge >= 0.3 is 0 Å². The predicted octanol–water partition coefficient (Wildman–Crippen LogP) is 11.1. The third-order valence-electron chi connectivity index (χ3n) is 9.78. The van der Waals surface area contributed by atoms with Crippen molar-refractivity contribution in [3.05, 3.63) is 114 Å². The van der Waals surface area contributed by atoms with Crippen molar-refractivity contribution in [2.45, 2.75) is 86.5 Å². The minimum atomic E-state index is -1.68. The largest absolute Gasteiger partial charge is 0.501 e. The molecule has 0 N–H and O–H groups in total. The first kappa shape index (κ1) is 40.1. The summed E-state index contributed by atoms with van der Waals surface area (Å²) in [5, 5.41) is 4.00. The second-order valence-electron chi connectivity index (χ2n) is 16.3. The summed E-state index contributed by atoms with van der Waals surface area (Å²) in [6.45, 7) is 28.3. The number of nitrogens with zero attached hydrogens (tertiary/aromatic N) is 2. The smallest absolute Gasteiger partial charge is 0.120 e. The van der Waals surface area contributed by atoms with Gasteiger partial charge in [-0.05, 0) is 48.0 Å². The van der Waals surface area contributed by atoms with E-state index in [0.29, 0.717) is 5.92 Å². The molecule has 6 rings (SSSR count). The molecule has 8 heteroatoms. The zero-order valence-electron chi connectivity index (χ0n) is 32.0. The molecule has 0 aliphatic heterocycles. The molecular weight excluding hydrogens is 853 g/mol. The fourth-order valence-corrected chi connectivity index (χ4v) is 88.3. The summed E-state index contributed by atoms with van der Waals surface area (Å²) in [7, 11) is -3.37. The summed E-state index contributed by atoms with van der Waals surface area (Å²) in [6.07, 6.45) is 5.28. The Hall–Kier alpha value is -2.72. The van der Waals surface area contributed by atoms with Gasteiger partial charge in [-0.2, -0.15) is 0 Å². The second-order valence-corrected chi connectivity index (χ2v) is 52.6. The number of fused-ring (bicyclic) bond motifs is 3. The number of furan rings is 1. The van der Waals surface area contributed by atoms with Crippen molar-refractivity contribution in [2.24, 2.45) is 5.92 Å². The number of aryl methyl sites for hydroxylation is 2. The van der Waals surface area contributed by atoms with E-state index in [9.17, 15) is 0 Å². The van der Waals surface area contributed by atoms with Gasteiger partial charge in [0, 0.05) is 61.4 Å². The summed E-state index contributed by atoms with van der Waals surface area (Å²) in [5.41, 5.74) is 9.87. The van der Waals surface area contributed by atoms with Crippen molar-refractivity contribution in [2.75, 3.05) is 0 Å². The van der Waals surface area contributed by atoms with Gasteiger partial charge in [0.2, 0.25) is 0 Å². The molecule has 0 atom stereocenters. The molecule has 3 aromatic heterocycles. The van der Waals surface area contributed by atoms with Gasteiger partial charge in [0.1, 0.15) is 5.58 Å². The van der Waals surface area contributed by atoms with E-state index in [1.165, 1.54) is 11.1 Å². The Morgan fingerprint density at radius 3 is 2.08 bits per heavy atom. The van der Waals surface area contributed by atoms with Gasteiger partial charge < -0.3 is 14.4 Å². The maximum atomic E-state index is 6.36. The number of rotatable bonds is 8. The van der Waals surface area contributed by atoms with Crippen LogP contribution in [-0.2, 0) is 26.5 Å². The van der Waals surface area contributed by atoms with E-state index >= 15 is 0 Å². The van der Waals surface area contributed by atoms with Gasteiger partial charge in [-0.25, -0.2) is 0 Å². The van der Waals surface area contributed by atoms with Crippen LogP contribution in [0.2, 0.25) is 52.4 Å². The van der Waals surface area contributed by atoms with E-state index in [0.717, 1.165) is 50.9 Å². The first-order valence-corrected chi connectivity index (χ1v) is 32.1. The van der Waals surface area contributed by atoms with Crippen molar-refractivity contribution < 1.29 is 24.5 Å². The number of hydrogen-bond acceptors (Lipinski definition) is 3. The number of benzene rings is 3. The molecule has 6 aromatic rings. The van der Waals surface area contributed by atoms with Gasteiger partial charge in [-0.1, -0.05) is 126 Å². The molecule has 3 heterocycles. The fraction of sp³-hybridized carbons (Fsp3) is 0.333. The molecule has 50 heavy (non-hydrogen) atoms. The van der Waals surface area contributed by atoms with E-state index in [-0.39, 0.29) is 20.1 Å². The third kappa shape index (κ3) is 8.01. The molecule has 0 saturated carbocycles. The Balaban J connectivity index is 0.000000313. The maximum absolute atomic E-state index is 6.36. The quantitative estimate of drug-likeness (QED) is 0.113. The molecule has 0 saturated heterocycles. The van der Waals surface area contributed by atoms with E-state index in [1.54, 1.807) is 10.8 Å². The van der Waals surface area contributed by atoms with Crippen molar-refractivity contribution >= 4 is 57.2 Å². The minimum Gasteiger partial charge on any atom is -0.501 e. The molecular formula is C42H53IrN2OSi4-2. The number of para-hydroxylation sites is 1. The van der Waals surface area contributed by atoms with Crippen LogP contribution in [0.5, 0.6) is 0 Å². The molecule has 264 valence electrons. The summed E-state index contributed by atoms with van der Waals surface area (Å²) >= 11 is 0. The Bertz CT molecular complexity index is 2040. The summed E-state index contributed by atoms with van der Waals surface area (Å²) in [5.74, 6) is 0.606. The van der Waals surface area contributed by atoms with Crippen molar-refractivity contribution in [3.63, 3.8) is 0 Å². The number of pyridine rings is 2. The average molecular weight is 906 g/mol. The third-order valence-corrected chi connectivity index (χ3v) is 73.5. The normalized spacial score (nSPS) is 12.3. The Morgan fingerprint density at radius 2 is 1.48 bits per heavy atom. The molecule has 0 amide bonds. The van der Waals surface area contributed by atoms with Gasteiger partial charge in [0.25, 0.3) is 0 Å².